The number of carbonyl (C=O) groups is 2. The largest absolute Gasteiger partial charge is 0.459 e. The number of aryl methyl sites for hydroxylation is 1. The number of nitrogens with zero attached hydrogens (tertiary/aromatic N) is 3. The van der Waals surface area contributed by atoms with Crippen molar-refractivity contribution in [1.82, 2.24) is 14.8 Å². The molecular weight excluding hydrogens is 448 g/mol. The van der Waals surface area contributed by atoms with Crippen LogP contribution in [0.2, 0.25) is 0 Å². The maximum absolute atomic E-state index is 12.9. The summed E-state index contributed by atoms with van der Waals surface area (Å²) < 4.78 is 6.39. The van der Waals surface area contributed by atoms with E-state index in [4.69, 9.17) is 9.40 Å². The van der Waals surface area contributed by atoms with Crippen LogP contribution < -0.4 is 5.32 Å². The van der Waals surface area contributed by atoms with E-state index in [1.807, 2.05) is 37.3 Å². The number of carbonyl (C=O) groups excluding carboxylic acids is 2. The number of fused-ring (bicyclic) bond motifs is 1. The van der Waals surface area contributed by atoms with Crippen molar-refractivity contribution in [3.8, 4) is 10.6 Å². The standard InChI is InChI=1S/C26H26N4O3S/c1-17-5-10-21-23(16-17)34-25(28-21)19-6-8-20(9-7-19)27-24(31)18(2)29-11-13-30(14-12-29)26(32)22-4-3-15-33-22/h3-10,15-16,18H,11-14H2,1-2H3,(H,27,31)/t18-/m0/s1. The number of furan rings is 1. The molecule has 0 unspecified atom stereocenters. The van der Waals surface area contributed by atoms with Crippen molar-refractivity contribution in [2.75, 3.05) is 31.5 Å². The Hall–Kier alpha value is -3.49. The number of piperazine rings is 1. The molecule has 1 aliphatic rings. The summed E-state index contributed by atoms with van der Waals surface area (Å²) in [5, 5.41) is 3.98. The van der Waals surface area contributed by atoms with Gasteiger partial charge in [0.15, 0.2) is 5.76 Å². The van der Waals surface area contributed by atoms with E-state index in [0.29, 0.717) is 31.9 Å². The van der Waals surface area contributed by atoms with Crippen LogP contribution in [-0.2, 0) is 4.79 Å². The second kappa shape index (κ2) is 9.40. The first kappa shape index (κ1) is 22.3. The van der Waals surface area contributed by atoms with E-state index in [2.05, 4.69) is 29.3 Å². The van der Waals surface area contributed by atoms with Gasteiger partial charge in [0.05, 0.1) is 22.5 Å². The predicted molar refractivity (Wildman–Crippen MR) is 134 cm³/mol. The third-order valence-electron chi connectivity index (χ3n) is 6.20. The van der Waals surface area contributed by atoms with Crippen LogP contribution in [0.5, 0.6) is 0 Å². The quantitative estimate of drug-likeness (QED) is 0.456. The molecular formula is C26H26N4O3S. The van der Waals surface area contributed by atoms with Gasteiger partial charge in [-0.05, 0) is 67.9 Å². The van der Waals surface area contributed by atoms with E-state index in [-0.39, 0.29) is 17.9 Å². The molecule has 34 heavy (non-hydrogen) atoms. The molecule has 3 heterocycles. The van der Waals surface area contributed by atoms with Gasteiger partial charge >= 0.3 is 0 Å². The molecule has 1 fully saturated rings. The van der Waals surface area contributed by atoms with Gasteiger partial charge in [0.1, 0.15) is 5.01 Å². The Morgan fingerprint density at radius 2 is 1.82 bits per heavy atom. The minimum absolute atomic E-state index is 0.0611. The van der Waals surface area contributed by atoms with E-state index >= 15 is 0 Å². The zero-order valence-corrected chi connectivity index (χ0v) is 20.0. The fourth-order valence-electron chi connectivity index (χ4n) is 4.13. The molecule has 5 rings (SSSR count). The summed E-state index contributed by atoms with van der Waals surface area (Å²) in [5.41, 5.74) is 4.01. The summed E-state index contributed by atoms with van der Waals surface area (Å²) in [6.07, 6.45) is 1.50. The molecule has 0 bridgehead atoms. The van der Waals surface area contributed by atoms with Gasteiger partial charge in [-0.3, -0.25) is 14.5 Å². The Morgan fingerprint density at radius 1 is 1.06 bits per heavy atom. The van der Waals surface area contributed by atoms with E-state index in [1.54, 1.807) is 28.4 Å². The smallest absolute Gasteiger partial charge is 0.289 e. The average Bonchev–Trinajstić information content (AvgIpc) is 3.54. The molecule has 0 saturated carbocycles. The molecule has 1 aliphatic heterocycles. The number of rotatable bonds is 5. The molecule has 2 aromatic heterocycles. The van der Waals surface area contributed by atoms with Crippen LogP contribution in [0, 0.1) is 6.92 Å². The Labute approximate surface area is 202 Å². The molecule has 0 radical (unpaired) electrons. The van der Waals surface area contributed by atoms with Crippen LogP contribution in [0.3, 0.4) is 0 Å². The molecule has 2 amide bonds. The Morgan fingerprint density at radius 3 is 2.53 bits per heavy atom. The summed E-state index contributed by atoms with van der Waals surface area (Å²) >= 11 is 1.67. The molecule has 4 aromatic rings. The maximum Gasteiger partial charge on any atom is 0.289 e. The van der Waals surface area contributed by atoms with Gasteiger partial charge in [-0.25, -0.2) is 4.98 Å². The molecule has 2 aromatic carbocycles. The summed E-state index contributed by atoms with van der Waals surface area (Å²) in [6, 6.07) is 17.2. The summed E-state index contributed by atoms with van der Waals surface area (Å²) in [7, 11) is 0. The molecule has 1 N–H and O–H groups in total. The zero-order valence-electron chi connectivity index (χ0n) is 19.2. The maximum atomic E-state index is 12.9. The lowest BCUT2D eigenvalue weighted by atomic mass is 10.2. The second-order valence-corrected chi connectivity index (χ2v) is 9.57. The number of hydrogen-bond acceptors (Lipinski definition) is 6. The molecule has 0 aliphatic carbocycles. The molecule has 0 spiro atoms. The lowest BCUT2D eigenvalue weighted by Gasteiger charge is -2.37. The minimum atomic E-state index is -0.298. The van der Waals surface area contributed by atoms with E-state index in [0.717, 1.165) is 21.8 Å². The van der Waals surface area contributed by atoms with Crippen molar-refractivity contribution >= 4 is 39.1 Å². The number of anilines is 1. The first-order valence-electron chi connectivity index (χ1n) is 11.3. The SMILES string of the molecule is Cc1ccc2nc(-c3ccc(NC(=O)[C@H](C)N4CCN(C(=O)c5ccco5)CC4)cc3)sc2c1. The normalized spacial score (nSPS) is 15.4. The van der Waals surface area contributed by atoms with Gasteiger partial charge in [-0.1, -0.05) is 6.07 Å². The summed E-state index contributed by atoms with van der Waals surface area (Å²) in [5.74, 6) is 0.183. The predicted octanol–water partition coefficient (Wildman–Crippen LogP) is 4.65. The minimum Gasteiger partial charge on any atom is -0.459 e. The fourth-order valence-corrected chi connectivity index (χ4v) is 5.20. The first-order chi connectivity index (χ1) is 16.5. The first-order valence-corrected chi connectivity index (χ1v) is 12.1. The van der Waals surface area contributed by atoms with Crippen LogP contribution >= 0.6 is 11.3 Å². The highest BCUT2D eigenvalue weighted by atomic mass is 32.1. The van der Waals surface area contributed by atoms with Gasteiger partial charge in [0.25, 0.3) is 5.91 Å². The molecule has 1 saturated heterocycles. The van der Waals surface area contributed by atoms with Crippen LogP contribution in [0.15, 0.2) is 65.3 Å². The molecule has 8 heteroatoms. The van der Waals surface area contributed by atoms with Crippen molar-refractivity contribution in [2.45, 2.75) is 19.9 Å². The van der Waals surface area contributed by atoms with Crippen molar-refractivity contribution in [3.63, 3.8) is 0 Å². The highest BCUT2D eigenvalue weighted by Gasteiger charge is 2.28. The Kier molecular flexibility index (Phi) is 6.17. The Balaban J connectivity index is 1.17. The van der Waals surface area contributed by atoms with Crippen molar-refractivity contribution in [3.05, 3.63) is 72.2 Å². The summed E-state index contributed by atoms with van der Waals surface area (Å²) in [6.45, 7) is 6.38. The van der Waals surface area contributed by atoms with Gasteiger partial charge in [0, 0.05) is 37.4 Å². The van der Waals surface area contributed by atoms with E-state index < -0.39 is 0 Å². The van der Waals surface area contributed by atoms with E-state index in [1.165, 1.54) is 16.5 Å². The van der Waals surface area contributed by atoms with Crippen LogP contribution in [0.4, 0.5) is 5.69 Å². The van der Waals surface area contributed by atoms with Crippen LogP contribution in [0.1, 0.15) is 23.0 Å². The monoisotopic (exact) mass is 474 g/mol. The highest BCUT2D eigenvalue weighted by Crippen LogP contribution is 2.31. The average molecular weight is 475 g/mol. The van der Waals surface area contributed by atoms with Crippen molar-refractivity contribution < 1.29 is 14.0 Å². The van der Waals surface area contributed by atoms with Gasteiger partial charge < -0.3 is 14.6 Å². The third kappa shape index (κ3) is 4.60. The number of nitrogens with one attached hydrogen (secondary N) is 1. The Bertz CT molecular complexity index is 1310. The zero-order chi connectivity index (χ0) is 23.7. The van der Waals surface area contributed by atoms with Crippen molar-refractivity contribution in [1.29, 1.82) is 0 Å². The van der Waals surface area contributed by atoms with Crippen LogP contribution in [0.25, 0.3) is 20.8 Å². The molecule has 7 nitrogen and oxygen atoms in total. The molecule has 1 atom stereocenters. The third-order valence-corrected chi connectivity index (χ3v) is 7.27. The van der Waals surface area contributed by atoms with Crippen molar-refractivity contribution in [2.24, 2.45) is 0 Å². The topological polar surface area (TPSA) is 78.7 Å². The second-order valence-electron chi connectivity index (χ2n) is 8.54. The lowest BCUT2D eigenvalue weighted by molar-refractivity contribution is -0.121. The number of hydrogen-bond donors (Lipinski definition) is 1. The lowest BCUT2D eigenvalue weighted by Crippen LogP contribution is -2.54. The van der Waals surface area contributed by atoms with Crippen LogP contribution in [-0.4, -0.2) is 58.8 Å². The number of thiazole rings is 1. The number of benzene rings is 2. The fraction of sp³-hybridized carbons (Fsp3) is 0.269. The molecule has 174 valence electrons. The number of aromatic nitrogens is 1. The van der Waals surface area contributed by atoms with Gasteiger partial charge in [0.2, 0.25) is 5.91 Å². The summed E-state index contributed by atoms with van der Waals surface area (Å²) in [4.78, 5) is 33.9. The van der Waals surface area contributed by atoms with Gasteiger partial charge in [-0.15, -0.1) is 11.3 Å². The highest BCUT2D eigenvalue weighted by molar-refractivity contribution is 7.21. The number of amides is 2. The van der Waals surface area contributed by atoms with E-state index in [9.17, 15) is 9.59 Å². The van der Waals surface area contributed by atoms with Gasteiger partial charge in [-0.2, -0.15) is 0 Å².